The largest absolute Gasteiger partial charge is 0.494 e. The number of H-pyrrole nitrogens is 1. The molecular formula is C10H6F2N2O3. The Morgan fingerprint density at radius 3 is 2.18 bits per heavy atom. The molecule has 88 valence electrons. The van der Waals surface area contributed by atoms with Gasteiger partial charge in [-0.05, 0) is 12.1 Å². The number of nitrogens with zero attached hydrogens (tertiary/aromatic N) is 1. The molecule has 2 N–H and O–H groups in total. The predicted molar refractivity (Wildman–Crippen MR) is 54.2 cm³/mol. The number of rotatable bonds is 1. The minimum atomic E-state index is -0.986. The fourth-order valence-corrected chi connectivity index (χ4v) is 1.40. The van der Waals surface area contributed by atoms with Crippen molar-refractivity contribution in [3.63, 3.8) is 0 Å². The minimum absolute atomic E-state index is 0.221. The molecule has 0 fully saturated rings. The quantitative estimate of drug-likeness (QED) is 0.762. The predicted octanol–water partition coefficient (Wildman–Crippen LogP) is 0.510. The van der Waals surface area contributed by atoms with E-state index in [4.69, 9.17) is 0 Å². The van der Waals surface area contributed by atoms with Gasteiger partial charge in [-0.15, -0.1) is 0 Å². The lowest BCUT2D eigenvalue weighted by Crippen LogP contribution is -2.28. The van der Waals surface area contributed by atoms with Gasteiger partial charge in [-0.1, -0.05) is 0 Å². The average molecular weight is 240 g/mol. The molecule has 5 nitrogen and oxygen atoms in total. The summed E-state index contributed by atoms with van der Waals surface area (Å²) in [5, 5.41) is 9.41. The maximum atomic E-state index is 12.9. The standard InChI is InChI=1S/C10H6F2N2O3/c11-5-1-6(12)3-7(2-5)14-9(16)4-8(15)13-10(14)17/h1-4,16H,(H,13,15,17). The normalized spacial score (nSPS) is 10.5. The third kappa shape index (κ3) is 2.07. The first kappa shape index (κ1) is 11.1. The number of aromatic hydroxyl groups is 1. The zero-order chi connectivity index (χ0) is 12.6. The average Bonchev–Trinajstić information content (AvgIpc) is 2.13. The van der Waals surface area contributed by atoms with Crippen LogP contribution in [-0.4, -0.2) is 14.7 Å². The van der Waals surface area contributed by atoms with Gasteiger partial charge in [-0.2, -0.15) is 0 Å². The van der Waals surface area contributed by atoms with E-state index >= 15 is 0 Å². The maximum Gasteiger partial charge on any atom is 0.335 e. The molecule has 1 aromatic heterocycles. The zero-order valence-electron chi connectivity index (χ0n) is 8.28. The van der Waals surface area contributed by atoms with E-state index in [2.05, 4.69) is 0 Å². The van der Waals surface area contributed by atoms with Crippen molar-refractivity contribution in [3.8, 4) is 11.6 Å². The molecular weight excluding hydrogens is 234 g/mol. The van der Waals surface area contributed by atoms with Crippen LogP contribution in [0.3, 0.4) is 0 Å². The van der Waals surface area contributed by atoms with Gasteiger partial charge < -0.3 is 5.11 Å². The summed E-state index contributed by atoms with van der Waals surface area (Å²) in [5.74, 6) is -2.52. The Hall–Kier alpha value is -2.44. The highest BCUT2D eigenvalue weighted by Gasteiger charge is 2.09. The third-order valence-corrected chi connectivity index (χ3v) is 2.03. The zero-order valence-corrected chi connectivity index (χ0v) is 8.28. The van der Waals surface area contributed by atoms with Crippen LogP contribution >= 0.6 is 0 Å². The van der Waals surface area contributed by atoms with Crippen molar-refractivity contribution >= 4 is 0 Å². The molecule has 1 heterocycles. The second-order valence-corrected chi connectivity index (χ2v) is 3.26. The van der Waals surface area contributed by atoms with E-state index in [9.17, 15) is 23.5 Å². The monoisotopic (exact) mass is 240 g/mol. The molecule has 0 saturated carbocycles. The highest BCUT2D eigenvalue weighted by molar-refractivity contribution is 5.35. The first-order valence-electron chi connectivity index (χ1n) is 4.49. The summed E-state index contributed by atoms with van der Waals surface area (Å²) in [6, 6.07) is 3.05. The molecule has 2 aromatic rings. The molecule has 0 bridgehead atoms. The van der Waals surface area contributed by atoms with Gasteiger partial charge in [0.1, 0.15) is 11.6 Å². The Labute approximate surface area is 92.6 Å². The van der Waals surface area contributed by atoms with E-state index in [0.717, 1.165) is 18.2 Å². The van der Waals surface area contributed by atoms with Crippen LogP contribution < -0.4 is 11.2 Å². The fraction of sp³-hybridized carbons (Fsp3) is 0. The molecule has 0 radical (unpaired) electrons. The van der Waals surface area contributed by atoms with Crippen LogP contribution in [0.1, 0.15) is 0 Å². The number of hydrogen-bond acceptors (Lipinski definition) is 3. The molecule has 0 spiro atoms. The second kappa shape index (κ2) is 3.85. The van der Waals surface area contributed by atoms with Crippen molar-refractivity contribution in [3.05, 3.63) is 56.7 Å². The SMILES string of the molecule is O=c1cc(O)n(-c2cc(F)cc(F)c2)c(=O)[nH]1. The third-order valence-electron chi connectivity index (χ3n) is 2.03. The van der Waals surface area contributed by atoms with Gasteiger partial charge in [0.25, 0.3) is 5.56 Å². The first-order valence-corrected chi connectivity index (χ1v) is 4.49. The van der Waals surface area contributed by atoms with Crippen LogP contribution in [0, 0.1) is 11.6 Å². The Morgan fingerprint density at radius 2 is 1.65 bits per heavy atom. The van der Waals surface area contributed by atoms with E-state index in [1.54, 1.807) is 0 Å². The Balaban J connectivity index is 2.77. The van der Waals surface area contributed by atoms with Crippen LogP contribution in [0.2, 0.25) is 0 Å². The van der Waals surface area contributed by atoms with Gasteiger partial charge in [0.2, 0.25) is 5.88 Å². The molecule has 7 heteroatoms. The van der Waals surface area contributed by atoms with Crippen LogP contribution in [0.25, 0.3) is 5.69 Å². The Bertz CT molecular complexity index is 670. The lowest BCUT2D eigenvalue weighted by atomic mass is 10.3. The molecule has 17 heavy (non-hydrogen) atoms. The molecule has 0 amide bonds. The smallest absolute Gasteiger partial charge is 0.335 e. The van der Waals surface area contributed by atoms with Gasteiger partial charge in [-0.25, -0.2) is 18.1 Å². The maximum absolute atomic E-state index is 12.9. The lowest BCUT2D eigenvalue weighted by molar-refractivity contribution is 0.430. The molecule has 0 aliphatic heterocycles. The van der Waals surface area contributed by atoms with Gasteiger partial charge in [0.05, 0.1) is 11.8 Å². The van der Waals surface area contributed by atoms with Crippen molar-refractivity contribution in [2.75, 3.05) is 0 Å². The molecule has 0 aliphatic rings. The molecule has 0 atom stereocenters. The second-order valence-electron chi connectivity index (χ2n) is 3.26. The molecule has 0 unspecified atom stereocenters. The van der Waals surface area contributed by atoms with Crippen molar-refractivity contribution in [1.29, 1.82) is 0 Å². The first-order chi connectivity index (χ1) is 7.97. The molecule has 1 aromatic carbocycles. The number of halogens is 2. The number of hydrogen-bond donors (Lipinski definition) is 2. The molecule has 0 saturated heterocycles. The summed E-state index contributed by atoms with van der Waals surface area (Å²) in [5.41, 5.74) is -2.01. The van der Waals surface area contributed by atoms with Crippen molar-refractivity contribution in [2.24, 2.45) is 0 Å². The van der Waals surface area contributed by atoms with Gasteiger partial charge in [0.15, 0.2) is 0 Å². The van der Waals surface area contributed by atoms with E-state index in [0.29, 0.717) is 10.6 Å². The summed E-state index contributed by atoms with van der Waals surface area (Å²) in [7, 11) is 0. The number of aromatic amines is 1. The topological polar surface area (TPSA) is 75.1 Å². The van der Waals surface area contributed by atoms with Gasteiger partial charge >= 0.3 is 5.69 Å². The van der Waals surface area contributed by atoms with Gasteiger partial charge in [0, 0.05) is 6.07 Å². The highest BCUT2D eigenvalue weighted by atomic mass is 19.1. The number of aromatic nitrogens is 2. The lowest BCUT2D eigenvalue weighted by Gasteiger charge is -2.07. The van der Waals surface area contributed by atoms with E-state index < -0.39 is 28.8 Å². The number of benzene rings is 1. The van der Waals surface area contributed by atoms with Crippen LogP contribution in [0.4, 0.5) is 8.78 Å². The Morgan fingerprint density at radius 1 is 1.06 bits per heavy atom. The summed E-state index contributed by atoms with van der Waals surface area (Å²) in [4.78, 5) is 24.1. The fourth-order valence-electron chi connectivity index (χ4n) is 1.40. The van der Waals surface area contributed by atoms with E-state index in [1.807, 2.05) is 4.98 Å². The van der Waals surface area contributed by atoms with E-state index in [-0.39, 0.29) is 5.69 Å². The van der Waals surface area contributed by atoms with E-state index in [1.165, 1.54) is 0 Å². The summed E-state index contributed by atoms with van der Waals surface area (Å²) in [6.07, 6.45) is 0. The van der Waals surface area contributed by atoms with Crippen LogP contribution in [0.15, 0.2) is 33.9 Å². The van der Waals surface area contributed by atoms with Gasteiger partial charge in [-0.3, -0.25) is 9.78 Å². The highest BCUT2D eigenvalue weighted by Crippen LogP contribution is 2.14. The van der Waals surface area contributed by atoms with Crippen LogP contribution in [-0.2, 0) is 0 Å². The molecule has 2 rings (SSSR count). The number of nitrogens with one attached hydrogen (secondary N) is 1. The van der Waals surface area contributed by atoms with Crippen molar-refractivity contribution in [2.45, 2.75) is 0 Å². The molecule has 0 aliphatic carbocycles. The van der Waals surface area contributed by atoms with Crippen molar-refractivity contribution < 1.29 is 13.9 Å². The Kier molecular flexibility index (Phi) is 2.51. The summed E-state index contributed by atoms with van der Waals surface area (Å²) < 4.78 is 26.5. The minimum Gasteiger partial charge on any atom is -0.494 e. The summed E-state index contributed by atoms with van der Waals surface area (Å²) >= 11 is 0. The van der Waals surface area contributed by atoms with Crippen LogP contribution in [0.5, 0.6) is 5.88 Å². The van der Waals surface area contributed by atoms with Crippen molar-refractivity contribution in [1.82, 2.24) is 9.55 Å². The summed E-state index contributed by atoms with van der Waals surface area (Å²) in [6.45, 7) is 0.